The Morgan fingerprint density at radius 1 is 1.00 bits per heavy atom. The molecule has 1 aliphatic heterocycles. The molecule has 0 amide bonds. The van der Waals surface area contributed by atoms with Crippen LogP contribution in [-0.4, -0.2) is 29.5 Å². The van der Waals surface area contributed by atoms with Crippen LogP contribution in [0.1, 0.15) is 40.9 Å². The number of hydrogen-bond donors (Lipinski definition) is 0. The Hall–Kier alpha value is -3.62. The molecule has 0 aliphatic carbocycles. The van der Waals surface area contributed by atoms with Gasteiger partial charge in [0, 0.05) is 29.3 Å². The number of rotatable bonds is 7. The van der Waals surface area contributed by atoms with Crippen molar-refractivity contribution in [1.29, 1.82) is 0 Å². The van der Waals surface area contributed by atoms with Crippen LogP contribution in [0.25, 0.3) is 0 Å². The smallest absolute Gasteiger partial charge is 0.269 e. The van der Waals surface area contributed by atoms with Gasteiger partial charge in [0.05, 0.1) is 15.9 Å². The number of nitro benzene ring substituents is 1. The van der Waals surface area contributed by atoms with Gasteiger partial charge in [-0.25, -0.2) is 8.42 Å². The van der Waals surface area contributed by atoms with E-state index in [0.717, 1.165) is 5.56 Å². The lowest BCUT2D eigenvalue weighted by atomic mass is 9.93. The first-order valence-electron chi connectivity index (χ1n) is 10.9. The average molecular weight is 477 g/mol. The van der Waals surface area contributed by atoms with Crippen molar-refractivity contribution in [2.75, 3.05) is 0 Å². The van der Waals surface area contributed by atoms with Gasteiger partial charge in [0.15, 0.2) is 5.78 Å². The lowest BCUT2D eigenvalue weighted by Gasteiger charge is -2.30. The normalized spacial score (nSPS) is 18.5. The number of hydrogen-bond acceptors (Lipinski definition) is 5. The fourth-order valence-corrected chi connectivity index (χ4v) is 6.04. The number of benzene rings is 3. The molecular weight excluding hydrogens is 452 g/mol. The number of carbonyl (C=O) groups excluding carboxylic acids is 1. The number of aryl methyl sites for hydroxylation is 1. The molecule has 174 valence electrons. The molecule has 0 N–H and O–H groups in total. The first-order valence-corrected chi connectivity index (χ1v) is 12.3. The summed E-state index contributed by atoms with van der Waals surface area (Å²) in [5.41, 5.74) is 1.83. The van der Waals surface area contributed by atoms with Crippen molar-refractivity contribution in [2.24, 2.45) is 0 Å². The fraction of sp³-hybridized carbons (Fsp3) is 0.192. The van der Waals surface area contributed by atoms with Gasteiger partial charge in [-0.2, -0.15) is 4.31 Å². The molecular formula is C26H24N2O5S. The molecule has 0 radical (unpaired) electrons. The van der Waals surface area contributed by atoms with E-state index in [2.05, 4.69) is 0 Å². The van der Waals surface area contributed by atoms with E-state index in [9.17, 15) is 23.3 Å². The second-order valence-electron chi connectivity index (χ2n) is 8.20. The summed E-state index contributed by atoms with van der Waals surface area (Å²) >= 11 is 0. The van der Waals surface area contributed by atoms with Gasteiger partial charge in [0.2, 0.25) is 10.0 Å². The maximum atomic E-state index is 13.9. The topological polar surface area (TPSA) is 97.6 Å². The molecule has 0 bridgehead atoms. The molecule has 7 nitrogen and oxygen atoms in total. The van der Waals surface area contributed by atoms with Crippen molar-refractivity contribution in [3.05, 3.63) is 117 Å². The van der Waals surface area contributed by atoms with Crippen LogP contribution in [0.3, 0.4) is 0 Å². The summed E-state index contributed by atoms with van der Waals surface area (Å²) in [6.45, 7) is 3.71. The molecule has 0 fully saturated rings. The molecule has 1 aliphatic rings. The van der Waals surface area contributed by atoms with Crippen LogP contribution in [0.4, 0.5) is 5.69 Å². The van der Waals surface area contributed by atoms with E-state index < -0.39 is 27.0 Å². The predicted molar refractivity (Wildman–Crippen MR) is 129 cm³/mol. The average Bonchev–Trinajstić information content (AvgIpc) is 3.25. The van der Waals surface area contributed by atoms with E-state index in [-0.39, 0.29) is 21.9 Å². The predicted octanol–water partition coefficient (Wildman–Crippen LogP) is 5.24. The molecule has 1 heterocycles. The van der Waals surface area contributed by atoms with Crippen molar-refractivity contribution >= 4 is 21.5 Å². The summed E-state index contributed by atoms with van der Waals surface area (Å²) in [6.07, 6.45) is 2.12. The van der Waals surface area contributed by atoms with Gasteiger partial charge in [-0.3, -0.25) is 14.9 Å². The number of Topliss-reactive ketones (excluding diaryl/α,β-unsaturated/α-hetero) is 1. The van der Waals surface area contributed by atoms with Gasteiger partial charge in [-0.15, -0.1) is 0 Å². The minimum Gasteiger partial charge on any atom is -0.289 e. The highest BCUT2D eigenvalue weighted by molar-refractivity contribution is 7.89. The molecule has 0 aromatic heterocycles. The van der Waals surface area contributed by atoms with Crippen LogP contribution < -0.4 is 0 Å². The zero-order valence-electron chi connectivity index (χ0n) is 18.8. The maximum absolute atomic E-state index is 13.9. The highest BCUT2D eigenvalue weighted by atomic mass is 32.2. The van der Waals surface area contributed by atoms with Gasteiger partial charge in [-0.05, 0) is 31.0 Å². The minimum absolute atomic E-state index is 0.105. The van der Waals surface area contributed by atoms with Gasteiger partial charge in [-0.1, -0.05) is 73.2 Å². The number of nitro groups is 1. The van der Waals surface area contributed by atoms with Crippen molar-refractivity contribution in [2.45, 2.75) is 37.2 Å². The molecule has 0 saturated carbocycles. The third kappa shape index (κ3) is 4.30. The van der Waals surface area contributed by atoms with Gasteiger partial charge >= 0.3 is 0 Å². The molecule has 0 saturated heterocycles. The summed E-state index contributed by atoms with van der Waals surface area (Å²) in [5.74, 6) is -0.308. The largest absolute Gasteiger partial charge is 0.289 e. The van der Waals surface area contributed by atoms with Crippen molar-refractivity contribution in [1.82, 2.24) is 4.31 Å². The number of nitrogens with zero attached hydrogens (tertiary/aromatic N) is 2. The highest BCUT2D eigenvalue weighted by Crippen LogP contribution is 2.43. The summed E-state index contributed by atoms with van der Waals surface area (Å²) in [6, 6.07) is 19.4. The first-order chi connectivity index (χ1) is 16.2. The van der Waals surface area contributed by atoms with Crippen molar-refractivity contribution < 1.29 is 18.1 Å². The molecule has 0 spiro atoms. The van der Waals surface area contributed by atoms with Crippen LogP contribution in [0.2, 0.25) is 0 Å². The molecule has 3 aromatic carbocycles. The van der Waals surface area contributed by atoms with Gasteiger partial charge in [0.25, 0.3) is 5.69 Å². The second kappa shape index (κ2) is 9.32. The molecule has 8 heteroatoms. The van der Waals surface area contributed by atoms with Gasteiger partial charge < -0.3 is 0 Å². The Morgan fingerprint density at radius 3 is 2.29 bits per heavy atom. The lowest BCUT2D eigenvalue weighted by Crippen LogP contribution is -2.38. The molecule has 4 rings (SSSR count). The van der Waals surface area contributed by atoms with Crippen LogP contribution in [-0.2, 0) is 10.0 Å². The summed E-state index contributed by atoms with van der Waals surface area (Å²) < 4.78 is 29.1. The summed E-state index contributed by atoms with van der Waals surface area (Å²) in [5, 5.41) is 11.4. The minimum atomic E-state index is -4.04. The van der Waals surface area contributed by atoms with E-state index >= 15 is 0 Å². The maximum Gasteiger partial charge on any atom is 0.269 e. The van der Waals surface area contributed by atoms with Crippen molar-refractivity contribution in [3.8, 4) is 0 Å². The Labute approximate surface area is 198 Å². The zero-order chi connectivity index (χ0) is 24.5. The summed E-state index contributed by atoms with van der Waals surface area (Å²) in [7, 11) is -4.04. The molecule has 2 atom stereocenters. The molecule has 0 unspecified atom stereocenters. The SMILES string of the molecule is CC[C@@H]1C=C(C(=O)c2ccccc2)[C@H](c2cccc([N+](=O)[O-])c2)N1S(=O)(=O)c1ccc(C)cc1. The van der Waals surface area contributed by atoms with E-state index in [4.69, 9.17) is 0 Å². The Morgan fingerprint density at radius 2 is 1.68 bits per heavy atom. The Balaban J connectivity index is 1.90. The monoisotopic (exact) mass is 476 g/mol. The Bertz CT molecular complexity index is 1370. The van der Waals surface area contributed by atoms with Crippen LogP contribution in [0.5, 0.6) is 0 Å². The quantitative estimate of drug-likeness (QED) is 0.264. The fourth-order valence-electron chi connectivity index (χ4n) is 4.24. The zero-order valence-corrected chi connectivity index (χ0v) is 19.6. The lowest BCUT2D eigenvalue weighted by molar-refractivity contribution is -0.384. The third-order valence-electron chi connectivity index (χ3n) is 5.96. The second-order valence-corrected chi connectivity index (χ2v) is 10.0. The number of sulfonamides is 1. The van der Waals surface area contributed by atoms with E-state index in [0.29, 0.717) is 17.5 Å². The number of carbonyl (C=O) groups is 1. The van der Waals surface area contributed by atoms with Crippen LogP contribution >= 0.6 is 0 Å². The highest BCUT2D eigenvalue weighted by Gasteiger charge is 2.45. The van der Waals surface area contributed by atoms with Crippen molar-refractivity contribution in [3.63, 3.8) is 0 Å². The van der Waals surface area contributed by atoms with Gasteiger partial charge in [0.1, 0.15) is 0 Å². The van der Waals surface area contributed by atoms with E-state index in [1.54, 1.807) is 66.7 Å². The number of non-ortho nitro benzene ring substituents is 1. The van der Waals surface area contributed by atoms with Crippen LogP contribution in [0, 0.1) is 17.0 Å². The third-order valence-corrected chi connectivity index (χ3v) is 7.86. The molecule has 34 heavy (non-hydrogen) atoms. The van der Waals surface area contributed by atoms with Crippen LogP contribution in [0.15, 0.2) is 95.4 Å². The first kappa shape index (κ1) is 23.5. The standard InChI is InChI=1S/C26H24N2O5S/c1-3-21-17-24(26(29)19-8-5-4-6-9-19)25(20-10-7-11-22(16-20)28(30)31)27(21)34(32,33)23-14-12-18(2)13-15-23/h4-17,21,25H,3H2,1-2H3/t21-,25+/m1/s1. The summed E-state index contributed by atoms with van der Waals surface area (Å²) in [4.78, 5) is 24.6. The van der Waals surface area contributed by atoms with E-state index in [1.807, 2.05) is 13.8 Å². The Kier molecular flexibility index (Phi) is 6.45. The molecule has 3 aromatic rings. The van der Waals surface area contributed by atoms with E-state index in [1.165, 1.54) is 22.5 Å². The number of ketones is 1.